The second-order valence-corrected chi connectivity index (χ2v) is 5.73. The van der Waals surface area contributed by atoms with Crippen LogP contribution in [0.25, 0.3) is 0 Å². The number of para-hydroxylation sites is 1. The highest BCUT2D eigenvalue weighted by atomic mass is 16.5. The fraction of sp³-hybridized carbons (Fsp3) is 0.467. The van der Waals surface area contributed by atoms with Gasteiger partial charge in [-0.15, -0.1) is 0 Å². The molecule has 3 heterocycles. The van der Waals surface area contributed by atoms with Gasteiger partial charge in [0.1, 0.15) is 5.41 Å². The van der Waals surface area contributed by atoms with E-state index in [1.807, 2.05) is 6.07 Å². The lowest BCUT2D eigenvalue weighted by Crippen LogP contribution is -2.47. The highest BCUT2D eigenvalue weighted by molar-refractivity contribution is 6.24. The SMILES string of the molecule is O=C1[C@@H]2[C@H]3CC[C@H](O3)[C@]2(CO)C(=O)N1c1ccccc1. The molecule has 0 radical (unpaired) electrons. The molecule has 0 unspecified atom stereocenters. The summed E-state index contributed by atoms with van der Waals surface area (Å²) < 4.78 is 5.73. The summed E-state index contributed by atoms with van der Waals surface area (Å²) in [6, 6.07) is 8.90. The minimum atomic E-state index is -1.06. The Morgan fingerprint density at radius 3 is 2.65 bits per heavy atom. The van der Waals surface area contributed by atoms with E-state index in [0.717, 1.165) is 12.8 Å². The van der Waals surface area contributed by atoms with Gasteiger partial charge in [0.2, 0.25) is 11.8 Å². The number of anilines is 1. The molecule has 3 fully saturated rings. The summed E-state index contributed by atoms with van der Waals surface area (Å²) in [6.45, 7) is -0.327. The number of hydrogen-bond acceptors (Lipinski definition) is 4. The summed E-state index contributed by atoms with van der Waals surface area (Å²) >= 11 is 0. The first kappa shape index (κ1) is 12.1. The predicted molar refractivity (Wildman–Crippen MR) is 69.8 cm³/mol. The van der Waals surface area contributed by atoms with Gasteiger partial charge in [0.05, 0.1) is 30.4 Å². The Kier molecular flexibility index (Phi) is 2.35. The average molecular weight is 273 g/mol. The third-order valence-electron chi connectivity index (χ3n) is 4.92. The van der Waals surface area contributed by atoms with E-state index in [-0.39, 0.29) is 30.6 Å². The average Bonchev–Trinajstić information content (AvgIpc) is 3.12. The highest BCUT2D eigenvalue weighted by Gasteiger charge is 2.72. The number of ether oxygens (including phenoxy) is 1. The van der Waals surface area contributed by atoms with Crippen LogP contribution < -0.4 is 4.90 Å². The molecule has 2 amide bonds. The number of imide groups is 1. The van der Waals surface area contributed by atoms with Crippen molar-refractivity contribution in [1.29, 1.82) is 0 Å². The summed E-state index contributed by atoms with van der Waals surface area (Å²) in [7, 11) is 0. The number of nitrogens with zero attached hydrogens (tertiary/aromatic N) is 1. The first-order chi connectivity index (χ1) is 9.70. The number of carbonyl (C=O) groups excluding carboxylic acids is 2. The molecule has 3 saturated heterocycles. The number of hydrogen-bond donors (Lipinski definition) is 1. The molecule has 5 heteroatoms. The van der Waals surface area contributed by atoms with Crippen molar-refractivity contribution >= 4 is 17.5 Å². The van der Waals surface area contributed by atoms with Crippen LogP contribution in [-0.2, 0) is 14.3 Å². The lowest BCUT2D eigenvalue weighted by Gasteiger charge is -2.30. The molecule has 3 aliphatic heterocycles. The lowest BCUT2D eigenvalue weighted by atomic mass is 9.68. The molecule has 0 saturated carbocycles. The van der Waals surface area contributed by atoms with E-state index in [0.29, 0.717) is 5.69 Å². The molecule has 0 spiro atoms. The zero-order chi connectivity index (χ0) is 13.9. The maximum Gasteiger partial charge on any atom is 0.245 e. The summed E-state index contributed by atoms with van der Waals surface area (Å²) in [4.78, 5) is 26.7. The molecule has 5 nitrogen and oxygen atoms in total. The molecule has 1 aromatic rings. The maximum atomic E-state index is 12.8. The van der Waals surface area contributed by atoms with Crippen LogP contribution in [0.2, 0.25) is 0 Å². The predicted octanol–water partition coefficient (Wildman–Crippen LogP) is 0.716. The van der Waals surface area contributed by atoms with Gasteiger partial charge in [-0.25, -0.2) is 4.90 Å². The van der Waals surface area contributed by atoms with Gasteiger partial charge in [-0.05, 0) is 25.0 Å². The molecular weight excluding hydrogens is 258 g/mol. The number of fused-ring (bicyclic) bond motifs is 5. The molecule has 20 heavy (non-hydrogen) atoms. The van der Waals surface area contributed by atoms with Crippen LogP contribution in [0, 0.1) is 11.3 Å². The number of aliphatic hydroxyl groups is 1. The molecule has 4 atom stereocenters. The Hall–Kier alpha value is -1.72. The van der Waals surface area contributed by atoms with Crippen LogP contribution in [-0.4, -0.2) is 35.7 Å². The zero-order valence-corrected chi connectivity index (χ0v) is 10.9. The lowest BCUT2D eigenvalue weighted by molar-refractivity contribution is -0.132. The highest BCUT2D eigenvalue weighted by Crippen LogP contribution is 2.57. The number of carbonyl (C=O) groups is 2. The van der Waals surface area contributed by atoms with Crippen molar-refractivity contribution in [2.45, 2.75) is 25.0 Å². The Labute approximate surface area is 116 Å². The van der Waals surface area contributed by atoms with E-state index in [4.69, 9.17) is 4.74 Å². The second kappa shape index (κ2) is 3.90. The van der Waals surface area contributed by atoms with E-state index >= 15 is 0 Å². The van der Waals surface area contributed by atoms with Crippen molar-refractivity contribution in [3.05, 3.63) is 30.3 Å². The largest absolute Gasteiger partial charge is 0.395 e. The van der Waals surface area contributed by atoms with Crippen LogP contribution in [0.15, 0.2) is 30.3 Å². The Morgan fingerprint density at radius 2 is 2.00 bits per heavy atom. The quantitative estimate of drug-likeness (QED) is 0.806. The van der Waals surface area contributed by atoms with Crippen LogP contribution in [0.4, 0.5) is 5.69 Å². The van der Waals surface area contributed by atoms with E-state index in [1.54, 1.807) is 24.3 Å². The Morgan fingerprint density at radius 1 is 1.25 bits per heavy atom. The Bertz CT molecular complexity index is 587. The molecule has 3 aliphatic rings. The van der Waals surface area contributed by atoms with Crippen molar-refractivity contribution < 1.29 is 19.4 Å². The van der Waals surface area contributed by atoms with E-state index < -0.39 is 11.3 Å². The van der Waals surface area contributed by atoms with Crippen LogP contribution in [0.5, 0.6) is 0 Å². The van der Waals surface area contributed by atoms with Crippen molar-refractivity contribution in [2.75, 3.05) is 11.5 Å². The minimum absolute atomic E-state index is 0.225. The monoisotopic (exact) mass is 273 g/mol. The molecule has 4 rings (SSSR count). The fourth-order valence-corrected chi connectivity index (χ4v) is 4.01. The second-order valence-electron chi connectivity index (χ2n) is 5.73. The van der Waals surface area contributed by atoms with E-state index in [9.17, 15) is 14.7 Å². The molecule has 0 aliphatic carbocycles. The number of aliphatic hydroxyl groups excluding tert-OH is 1. The zero-order valence-electron chi connectivity index (χ0n) is 10.9. The van der Waals surface area contributed by atoms with E-state index in [1.165, 1.54) is 4.90 Å². The van der Waals surface area contributed by atoms with Crippen molar-refractivity contribution in [3.8, 4) is 0 Å². The van der Waals surface area contributed by atoms with Gasteiger partial charge in [-0.3, -0.25) is 9.59 Å². The third kappa shape index (κ3) is 1.20. The van der Waals surface area contributed by atoms with Crippen molar-refractivity contribution in [2.24, 2.45) is 11.3 Å². The van der Waals surface area contributed by atoms with Gasteiger partial charge in [-0.1, -0.05) is 18.2 Å². The molecule has 1 N–H and O–H groups in total. The minimum Gasteiger partial charge on any atom is -0.395 e. The Balaban J connectivity index is 1.83. The van der Waals surface area contributed by atoms with Gasteiger partial charge in [0.15, 0.2) is 0 Å². The van der Waals surface area contributed by atoms with E-state index in [2.05, 4.69) is 0 Å². The molecule has 0 aromatic heterocycles. The van der Waals surface area contributed by atoms with Gasteiger partial charge < -0.3 is 9.84 Å². The van der Waals surface area contributed by atoms with Crippen LogP contribution >= 0.6 is 0 Å². The summed E-state index contributed by atoms with van der Waals surface area (Å²) in [5, 5.41) is 9.82. The smallest absolute Gasteiger partial charge is 0.245 e. The first-order valence-corrected chi connectivity index (χ1v) is 6.90. The van der Waals surface area contributed by atoms with Crippen LogP contribution in [0.1, 0.15) is 12.8 Å². The molecule has 104 valence electrons. The molecular formula is C15H15NO4. The number of rotatable bonds is 2. The molecule has 1 aromatic carbocycles. The molecule has 2 bridgehead atoms. The van der Waals surface area contributed by atoms with Gasteiger partial charge in [-0.2, -0.15) is 0 Å². The summed E-state index contributed by atoms with van der Waals surface area (Å²) in [5.74, 6) is -1.07. The van der Waals surface area contributed by atoms with Crippen LogP contribution in [0.3, 0.4) is 0 Å². The third-order valence-corrected chi connectivity index (χ3v) is 4.92. The topological polar surface area (TPSA) is 66.8 Å². The maximum absolute atomic E-state index is 12.8. The summed E-state index contributed by atoms with van der Waals surface area (Å²) in [6.07, 6.45) is 0.979. The van der Waals surface area contributed by atoms with Gasteiger partial charge >= 0.3 is 0 Å². The first-order valence-electron chi connectivity index (χ1n) is 6.90. The normalized spacial score (nSPS) is 38.6. The standard InChI is InChI=1S/C15H15NO4/c17-8-15-11-7-6-10(20-11)12(15)13(18)16(14(15)19)9-4-2-1-3-5-9/h1-5,10-12,17H,6-8H2/t10-,11+,12+,15+/m1/s1. The fourth-order valence-electron chi connectivity index (χ4n) is 4.01. The summed E-state index contributed by atoms with van der Waals surface area (Å²) in [5.41, 5.74) is -0.486. The number of benzene rings is 1. The van der Waals surface area contributed by atoms with Gasteiger partial charge in [0, 0.05) is 0 Å². The number of amides is 2. The van der Waals surface area contributed by atoms with Crippen molar-refractivity contribution in [1.82, 2.24) is 0 Å². The van der Waals surface area contributed by atoms with Crippen molar-refractivity contribution in [3.63, 3.8) is 0 Å². The van der Waals surface area contributed by atoms with Gasteiger partial charge in [0.25, 0.3) is 0 Å².